The monoisotopic (exact) mass is 632 g/mol. The number of carboxylic acid groups (broad SMARTS) is 1. The summed E-state index contributed by atoms with van der Waals surface area (Å²) < 4.78 is 33.5. The Balaban J connectivity index is 0. The summed E-state index contributed by atoms with van der Waals surface area (Å²) in [4.78, 5) is 10.3. The fourth-order valence-electron chi connectivity index (χ4n) is 5.40. The fraction of sp³-hybridized carbons (Fsp3) is 0.806. The van der Waals surface area contributed by atoms with E-state index < -0.39 is 16.1 Å². The van der Waals surface area contributed by atoms with E-state index in [9.17, 15) is 17.8 Å². The summed E-state index contributed by atoms with van der Waals surface area (Å²) in [6.07, 6.45) is 33.4. The van der Waals surface area contributed by atoms with Gasteiger partial charge in [-0.3, -0.25) is 4.79 Å². The van der Waals surface area contributed by atoms with E-state index in [2.05, 4.69) is 13.8 Å². The molecule has 1 N–H and O–H groups in total. The van der Waals surface area contributed by atoms with Gasteiger partial charge >= 0.3 is 35.5 Å². The second-order valence-corrected chi connectivity index (χ2v) is 13.4. The molecule has 0 aliphatic rings. The van der Waals surface area contributed by atoms with Crippen LogP contribution in [0.1, 0.15) is 186 Å². The van der Waals surface area contributed by atoms with Gasteiger partial charge in [-0.15, -0.1) is 0 Å². The number of carbonyl (C=O) groups is 1. The van der Waals surface area contributed by atoms with Gasteiger partial charge in [0.05, 0.1) is 4.90 Å². The minimum atomic E-state index is -4.35. The Kier molecular flexibility index (Phi) is 34.3. The van der Waals surface area contributed by atoms with Crippen LogP contribution in [0.2, 0.25) is 0 Å². The Morgan fingerprint density at radius 1 is 0.581 bits per heavy atom. The summed E-state index contributed by atoms with van der Waals surface area (Å²) in [7, 11) is -4.35. The molecule has 0 atom stereocenters. The molecule has 0 radical (unpaired) electrons. The van der Waals surface area contributed by atoms with E-state index in [-0.39, 0.29) is 34.5 Å². The van der Waals surface area contributed by atoms with Crippen LogP contribution in [0, 0.1) is 0 Å². The molecular formula is C36H65NaO5S. The average molecular weight is 633 g/mol. The molecule has 43 heavy (non-hydrogen) atoms. The van der Waals surface area contributed by atoms with Crippen LogP contribution in [0.5, 0.6) is 0 Å². The Labute approximate surface area is 288 Å². The summed E-state index contributed by atoms with van der Waals surface area (Å²) in [5.74, 6) is -0.653. The van der Waals surface area contributed by atoms with Gasteiger partial charge in [0, 0.05) is 6.42 Å². The summed E-state index contributed by atoms with van der Waals surface area (Å²) in [5, 5.41) is 8.52. The summed E-state index contributed by atoms with van der Waals surface area (Å²) in [5.41, 5.74) is 0.664. The minimum Gasteiger partial charge on any atom is -0.744 e. The first-order chi connectivity index (χ1) is 20.3. The van der Waals surface area contributed by atoms with Crippen LogP contribution >= 0.6 is 0 Å². The van der Waals surface area contributed by atoms with Crippen molar-refractivity contribution in [3.8, 4) is 0 Å². The molecule has 0 bridgehead atoms. The van der Waals surface area contributed by atoms with E-state index in [1.54, 1.807) is 18.2 Å². The molecular weight excluding hydrogens is 567 g/mol. The van der Waals surface area contributed by atoms with Crippen LogP contribution in [0.15, 0.2) is 29.2 Å². The zero-order valence-electron chi connectivity index (χ0n) is 28.4. The van der Waals surface area contributed by atoms with Crippen molar-refractivity contribution in [2.24, 2.45) is 0 Å². The molecule has 0 amide bonds. The number of rotatable bonds is 28. The van der Waals surface area contributed by atoms with Crippen LogP contribution in [0.3, 0.4) is 0 Å². The van der Waals surface area contributed by atoms with E-state index in [0.717, 1.165) is 25.7 Å². The molecule has 0 aliphatic carbocycles. The van der Waals surface area contributed by atoms with Gasteiger partial charge in [-0.05, 0) is 30.9 Å². The molecule has 0 spiro atoms. The molecule has 1 aromatic carbocycles. The van der Waals surface area contributed by atoms with E-state index in [1.807, 2.05) is 0 Å². The molecule has 0 aromatic heterocycles. The second-order valence-electron chi connectivity index (χ2n) is 12.1. The standard InChI is InChI=1S/C18H30O3S.C18H36O2.Na/c1-2-3-4-5-6-7-8-9-10-11-14-17-15-12-13-16-18(17)22(19,20)21;1-2-3-4-5-6-7-8-9-10-11-12-13-14-15-16-17-18(19)20;/h12-13,15-16H,2-11,14H2,1H3,(H,19,20,21);2-17H2,1H3,(H,19,20);/q;;+1/p-1. The van der Waals surface area contributed by atoms with Crippen molar-refractivity contribution in [3.63, 3.8) is 0 Å². The summed E-state index contributed by atoms with van der Waals surface area (Å²) in [6.45, 7) is 4.50. The van der Waals surface area contributed by atoms with Gasteiger partial charge in [0.1, 0.15) is 10.1 Å². The van der Waals surface area contributed by atoms with Gasteiger partial charge in [-0.2, -0.15) is 0 Å². The van der Waals surface area contributed by atoms with Crippen LogP contribution in [-0.2, 0) is 21.3 Å². The molecule has 0 unspecified atom stereocenters. The molecule has 0 aliphatic heterocycles. The van der Waals surface area contributed by atoms with Crippen LogP contribution in [-0.4, -0.2) is 24.0 Å². The Morgan fingerprint density at radius 2 is 0.907 bits per heavy atom. The maximum Gasteiger partial charge on any atom is 1.00 e. The summed E-state index contributed by atoms with van der Waals surface area (Å²) in [6, 6.07) is 6.56. The number of aliphatic carboxylic acids is 1. The number of carboxylic acids is 1. The number of aryl methyl sites for hydroxylation is 1. The molecule has 0 saturated heterocycles. The largest absolute Gasteiger partial charge is 1.00 e. The molecule has 1 aromatic rings. The van der Waals surface area contributed by atoms with Crippen molar-refractivity contribution < 1.29 is 52.4 Å². The fourth-order valence-corrected chi connectivity index (χ4v) is 6.14. The molecule has 7 heteroatoms. The molecule has 0 heterocycles. The molecule has 1 rings (SSSR count). The number of benzene rings is 1. The first-order valence-electron chi connectivity index (χ1n) is 17.6. The maximum atomic E-state index is 11.2. The number of hydrogen-bond donors (Lipinski definition) is 1. The maximum absolute atomic E-state index is 11.2. The van der Waals surface area contributed by atoms with Gasteiger partial charge in [0.15, 0.2) is 0 Å². The SMILES string of the molecule is CCCCCCCCCCCCCCCCCC(=O)O.CCCCCCCCCCCCc1ccccc1S(=O)(=O)[O-].[Na+]. The normalized spacial score (nSPS) is 11.0. The average Bonchev–Trinajstić information content (AvgIpc) is 2.96. The van der Waals surface area contributed by atoms with Crippen LogP contribution < -0.4 is 29.6 Å². The van der Waals surface area contributed by atoms with Crippen LogP contribution in [0.25, 0.3) is 0 Å². The van der Waals surface area contributed by atoms with E-state index >= 15 is 0 Å². The zero-order chi connectivity index (χ0) is 31.2. The van der Waals surface area contributed by atoms with Gasteiger partial charge in [-0.25, -0.2) is 8.42 Å². The van der Waals surface area contributed by atoms with Crippen molar-refractivity contribution >= 4 is 16.1 Å². The summed E-state index contributed by atoms with van der Waals surface area (Å²) >= 11 is 0. The molecule has 0 saturated carbocycles. The third-order valence-electron chi connectivity index (χ3n) is 8.04. The van der Waals surface area contributed by atoms with Crippen LogP contribution in [0.4, 0.5) is 0 Å². The molecule has 5 nitrogen and oxygen atoms in total. The van der Waals surface area contributed by atoms with Crippen molar-refractivity contribution in [1.82, 2.24) is 0 Å². The predicted molar refractivity (Wildman–Crippen MR) is 177 cm³/mol. The topological polar surface area (TPSA) is 94.5 Å². The van der Waals surface area contributed by atoms with E-state index in [1.165, 1.54) is 141 Å². The number of unbranched alkanes of at least 4 members (excludes halogenated alkanes) is 23. The number of hydrogen-bond acceptors (Lipinski definition) is 4. The third kappa shape index (κ3) is 31.4. The van der Waals surface area contributed by atoms with Crippen molar-refractivity contribution in [2.75, 3.05) is 0 Å². The van der Waals surface area contributed by atoms with Crippen molar-refractivity contribution in [1.29, 1.82) is 0 Å². The third-order valence-corrected chi connectivity index (χ3v) is 8.97. The van der Waals surface area contributed by atoms with E-state index in [0.29, 0.717) is 18.4 Å². The quantitative estimate of drug-likeness (QED) is 0.0569. The van der Waals surface area contributed by atoms with Gasteiger partial charge in [0.2, 0.25) is 0 Å². The smallest absolute Gasteiger partial charge is 0.744 e. The van der Waals surface area contributed by atoms with Gasteiger partial charge in [0.25, 0.3) is 0 Å². The Morgan fingerprint density at radius 3 is 1.26 bits per heavy atom. The van der Waals surface area contributed by atoms with Gasteiger partial charge < -0.3 is 9.66 Å². The Bertz CT molecular complexity index is 844. The first-order valence-corrected chi connectivity index (χ1v) is 19.0. The molecule has 246 valence electrons. The predicted octanol–water partition coefficient (Wildman–Crippen LogP) is 8.39. The molecule has 0 fully saturated rings. The van der Waals surface area contributed by atoms with Crippen molar-refractivity contribution in [2.45, 2.75) is 192 Å². The zero-order valence-corrected chi connectivity index (χ0v) is 31.2. The van der Waals surface area contributed by atoms with Crippen molar-refractivity contribution in [3.05, 3.63) is 29.8 Å². The van der Waals surface area contributed by atoms with E-state index in [4.69, 9.17) is 5.11 Å². The second kappa shape index (κ2) is 33.0. The van der Waals surface area contributed by atoms with Gasteiger partial charge in [-0.1, -0.05) is 180 Å². The first kappa shape index (κ1) is 44.7. The minimum absolute atomic E-state index is 0. The Hall–Kier alpha value is -0.400.